The quantitative estimate of drug-likeness (QED) is 0.583. The predicted octanol–water partition coefficient (Wildman–Crippen LogP) is -0.483. The molecule has 1 heterocycles. The van der Waals surface area contributed by atoms with E-state index in [2.05, 4.69) is 4.72 Å². The maximum Gasteiger partial charge on any atom is 0.321 e. The fourth-order valence-corrected chi connectivity index (χ4v) is 4.20. The van der Waals surface area contributed by atoms with Crippen molar-refractivity contribution in [2.45, 2.75) is 39.2 Å². The number of piperidine rings is 1. The smallest absolute Gasteiger partial charge is 0.321 e. The summed E-state index contributed by atoms with van der Waals surface area (Å²) in [7, 11) is -3.89. The molecule has 1 aliphatic rings. The Bertz CT molecular complexity index is 483. The molecule has 9 heteroatoms. The number of nitrogens with zero attached hydrogens (tertiary/aromatic N) is 1. The molecule has 21 heavy (non-hydrogen) atoms. The molecule has 1 aliphatic heterocycles. The van der Waals surface area contributed by atoms with Gasteiger partial charge >= 0.3 is 5.97 Å². The lowest BCUT2D eigenvalue weighted by molar-refractivity contribution is -0.139. The van der Waals surface area contributed by atoms with Crippen molar-refractivity contribution in [2.75, 3.05) is 13.1 Å². The molecule has 1 saturated heterocycles. The van der Waals surface area contributed by atoms with Crippen LogP contribution in [0.1, 0.15) is 33.1 Å². The van der Waals surface area contributed by atoms with E-state index in [1.54, 1.807) is 0 Å². The van der Waals surface area contributed by atoms with Gasteiger partial charge in [0.15, 0.2) is 0 Å². The van der Waals surface area contributed by atoms with Crippen LogP contribution in [0.15, 0.2) is 0 Å². The van der Waals surface area contributed by atoms with E-state index in [1.807, 2.05) is 13.8 Å². The van der Waals surface area contributed by atoms with Gasteiger partial charge in [0.1, 0.15) is 6.04 Å². The molecule has 0 aromatic carbocycles. The van der Waals surface area contributed by atoms with Crippen LogP contribution in [0.4, 0.5) is 0 Å². The van der Waals surface area contributed by atoms with Crippen molar-refractivity contribution in [3.63, 3.8) is 0 Å². The Morgan fingerprint density at radius 3 is 2.29 bits per heavy atom. The summed E-state index contributed by atoms with van der Waals surface area (Å²) in [4.78, 5) is 21.8. The Labute approximate surface area is 124 Å². The van der Waals surface area contributed by atoms with Gasteiger partial charge < -0.3 is 10.8 Å². The van der Waals surface area contributed by atoms with Gasteiger partial charge in [-0.15, -0.1) is 0 Å². The van der Waals surface area contributed by atoms with E-state index in [-0.39, 0.29) is 24.7 Å². The first-order valence-corrected chi connectivity index (χ1v) is 8.34. The lowest BCUT2D eigenvalue weighted by atomic mass is 9.94. The molecule has 122 valence electrons. The number of aliphatic carboxylic acids is 1. The molecule has 0 spiro atoms. The van der Waals surface area contributed by atoms with Gasteiger partial charge in [0.2, 0.25) is 5.91 Å². The monoisotopic (exact) mass is 321 g/mol. The summed E-state index contributed by atoms with van der Waals surface area (Å²) < 4.78 is 28.0. The largest absolute Gasteiger partial charge is 0.480 e. The topological polar surface area (TPSA) is 130 Å². The SMILES string of the molecule is CC1CC(C)CN(S(=O)(=O)NC(CCC(N)=O)C(=O)O)C1. The average molecular weight is 321 g/mol. The molecule has 1 rings (SSSR count). The van der Waals surface area contributed by atoms with Gasteiger partial charge in [-0.3, -0.25) is 9.59 Å². The zero-order valence-electron chi connectivity index (χ0n) is 12.3. The highest BCUT2D eigenvalue weighted by atomic mass is 32.2. The second-order valence-electron chi connectivity index (χ2n) is 5.78. The van der Waals surface area contributed by atoms with Crippen LogP contribution in [-0.2, 0) is 19.8 Å². The number of carbonyl (C=O) groups is 2. The van der Waals surface area contributed by atoms with Crippen molar-refractivity contribution in [1.82, 2.24) is 9.03 Å². The second-order valence-corrected chi connectivity index (χ2v) is 7.48. The molecule has 8 nitrogen and oxygen atoms in total. The van der Waals surface area contributed by atoms with Gasteiger partial charge in [-0.25, -0.2) is 0 Å². The molecule has 0 bridgehead atoms. The highest BCUT2D eigenvalue weighted by Crippen LogP contribution is 2.22. The van der Waals surface area contributed by atoms with Crippen LogP contribution in [0.25, 0.3) is 0 Å². The van der Waals surface area contributed by atoms with Crippen molar-refractivity contribution in [3.8, 4) is 0 Å². The molecule has 3 unspecified atom stereocenters. The maximum absolute atomic E-state index is 12.3. The molecule has 0 aliphatic carbocycles. The van der Waals surface area contributed by atoms with Crippen LogP contribution >= 0.6 is 0 Å². The summed E-state index contributed by atoms with van der Waals surface area (Å²) >= 11 is 0. The van der Waals surface area contributed by atoms with Crippen LogP contribution in [0, 0.1) is 11.8 Å². The second kappa shape index (κ2) is 7.19. The van der Waals surface area contributed by atoms with E-state index in [4.69, 9.17) is 10.8 Å². The number of carboxylic acid groups (broad SMARTS) is 1. The van der Waals surface area contributed by atoms with Gasteiger partial charge in [0, 0.05) is 19.5 Å². The highest BCUT2D eigenvalue weighted by molar-refractivity contribution is 7.87. The molecule has 0 aromatic rings. The zero-order chi connectivity index (χ0) is 16.2. The predicted molar refractivity (Wildman–Crippen MR) is 76.4 cm³/mol. The minimum Gasteiger partial charge on any atom is -0.480 e. The minimum atomic E-state index is -3.89. The third-order valence-electron chi connectivity index (χ3n) is 3.44. The van der Waals surface area contributed by atoms with Gasteiger partial charge in [-0.2, -0.15) is 17.4 Å². The normalized spacial score (nSPS) is 25.4. The molecule has 0 saturated carbocycles. The number of primary amides is 1. The first-order chi connectivity index (χ1) is 9.61. The van der Waals surface area contributed by atoms with E-state index in [0.29, 0.717) is 13.1 Å². The van der Waals surface area contributed by atoms with Crippen molar-refractivity contribution in [2.24, 2.45) is 17.6 Å². The van der Waals surface area contributed by atoms with Crippen molar-refractivity contribution >= 4 is 22.1 Å². The zero-order valence-corrected chi connectivity index (χ0v) is 13.1. The Kier molecular flexibility index (Phi) is 6.11. The number of hydrogen-bond acceptors (Lipinski definition) is 4. The van der Waals surface area contributed by atoms with Crippen LogP contribution in [-0.4, -0.2) is 48.8 Å². The molecule has 1 amide bonds. The maximum atomic E-state index is 12.3. The molecular weight excluding hydrogens is 298 g/mol. The number of hydrogen-bond donors (Lipinski definition) is 3. The number of rotatable bonds is 7. The van der Waals surface area contributed by atoms with Gasteiger partial charge in [-0.1, -0.05) is 13.8 Å². The number of amides is 1. The van der Waals surface area contributed by atoms with Gasteiger partial charge in [0.05, 0.1) is 0 Å². The summed E-state index contributed by atoms with van der Waals surface area (Å²) in [6, 6.07) is -1.35. The fraction of sp³-hybridized carbons (Fsp3) is 0.833. The molecule has 0 aromatic heterocycles. The molecule has 3 atom stereocenters. The third kappa shape index (κ3) is 5.60. The molecule has 4 N–H and O–H groups in total. The third-order valence-corrected chi connectivity index (χ3v) is 5.00. The van der Waals surface area contributed by atoms with E-state index in [1.165, 1.54) is 4.31 Å². The van der Waals surface area contributed by atoms with E-state index in [0.717, 1.165) is 6.42 Å². The summed E-state index contributed by atoms with van der Waals surface area (Å²) in [5, 5.41) is 9.05. The summed E-state index contributed by atoms with van der Waals surface area (Å²) in [5.74, 6) is -1.54. The first kappa shape index (κ1) is 17.9. The Morgan fingerprint density at radius 1 is 1.33 bits per heavy atom. The number of carboxylic acids is 1. The fourth-order valence-electron chi connectivity index (χ4n) is 2.58. The number of nitrogens with two attached hydrogens (primary N) is 1. The highest BCUT2D eigenvalue weighted by Gasteiger charge is 2.33. The Balaban J connectivity index is 2.76. The standard InChI is InChI=1S/C12H23N3O5S/c1-8-5-9(2)7-15(6-8)21(19,20)14-10(12(17)18)3-4-11(13)16/h8-10,14H,3-7H2,1-2H3,(H2,13,16)(H,17,18). The van der Waals surface area contributed by atoms with Gasteiger partial charge in [0.25, 0.3) is 10.2 Å². The van der Waals surface area contributed by atoms with Crippen LogP contribution in [0.2, 0.25) is 0 Å². The van der Waals surface area contributed by atoms with Crippen LogP contribution in [0.5, 0.6) is 0 Å². The number of nitrogens with one attached hydrogen (secondary N) is 1. The van der Waals surface area contributed by atoms with Crippen molar-refractivity contribution in [3.05, 3.63) is 0 Å². The lowest BCUT2D eigenvalue weighted by Crippen LogP contribution is -2.52. The summed E-state index contributed by atoms with van der Waals surface area (Å²) in [6.07, 6.45) is 0.588. The molecule has 0 radical (unpaired) electrons. The van der Waals surface area contributed by atoms with Crippen molar-refractivity contribution < 1.29 is 23.1 Å². The van der Waals surface area contributed by atoms with E-state index < -0.39 is 28.1 Å². The molecule has 1 fully saturated rings. The Morgan fingerprint density at radius 2 is 1.86 bits per heavy atom. The van der Waals surface area contributed by atoms with Crippen LogP contribution < -0.4 is 10.5 Å². The summed E-state index contributed by atoms with van der Waals surface area (Å²) in [5.41, 5.74) is 4.96. The Hall–Kier alpha value is -1.19. The summed E-state index contributed by atoms with van der Waals surface area (Å²) in [6.45, 7) is 4.64. The van der Waals surface area contributed by atoms with Crippen molar-refractivity contribution in [1.29, 1.82) is 0 Å². The van der Waals surface area contributed by atoms with E-state index in [9.17, 15) is 18.0 Å². The van der Waals surface area contributed by atoms with Gasteiger partial charge in [-0.05, 0) is 24.7 Å². The number of carbonyl (C=O) groups excluding carboxylic acids is 1. The lowest BCUT2D eigenvalue weighted by Gasteiger charge is -2.34. The van der Waals surface area contributed by atoms with E-state index >= 15 is 0 Å². The first-order valence-electron chi connectivity index (χ1n) is 6.90. The molecular formula is C12H23N3O5S. The van der Waals surface area contributed by atoms with Crippen LogP contribution in [0.3, 0.4) is 0 Å². The average Bonchev–Trinajstić information content (AvgIpc) is 2.32. The minimum absolute atomic E-state index is 0.164.